The van der Waals surface area contributed by atoms with Crippen molar-refractivity contribution in [3.05, 3.63) is 106 Å². The fourth-order valence-electron chi connectivity index (χ4n) is 6.17. The first-order chi connectivity index (χ1) is 18.7. The van der Waals surface area contributed by atoms with Crippen LogP contribution in [0.2, 0.25) is 0 Å². The average Bonchev–Trinajstić information content (AvgIpc) is 3.26. The van der Waals surface area contributed by atoms with Crippen LogP contribution in [0.15, 0.2) is 72.8 Å². The van der Waals surface area contributed by atoms with Crippen molar-refractivity contribution in [3.63, 3.8) is 0 Å². The summed E-state index contributed by atoms with van der Waals surface area (Å²) in [5.41, 5.74) is 5.23. The first-order valence-corrected chi connectivity index (χ1v) is 13.3. The quantitative estimate of drug-likeness (QED) is 0.372. The highest BCUT2D eigenvalue weighted by atomic mass is 16.4. The lowest BCUT2D eigenvalue weighted by molar-refractivity contribution is 0.0681. The van der Waals surface area contributed by atoms with Gasteiger partial charge in [0.2, 0.25) is 0 Å². The number of likely N-dealkylation sites (N-methyl/N-ethyl adjacent to an activating group) is 1. The Morgan fingerprint density at radius 3 is 2.33 bits per heavy atom. The fraction of sp³-hybridized carbons (Fsp3) is 0.312. The van der Waals surface area contributed by atoms with Crippen LogP contribution in [0.4, 0.5) is 5.69 Å². The van der Waals surface area contributed by atoms with E-state index in [-0.39, 0.29) is 11.1 Å². The van der Waals surface area contributed by atoms with E-state index < -0.39 is 23.4 Å². The van der Waals surface area contributed by atoms with Gasteiger partial charge in [-0.1, -0.05) is 48.5 Å². The monoisotopic (exact) mass is 525 g/mol. The highest BCUT2D eigenvalue weighted by Gasteiger charge is 2.51. The Labute approximate surface area is 229 Å². The maximum absolute atomic E-state index is 12.6. The smallest absolute Gasteiger partial charge is 0.336 e. The molecule has 2 aliphatic heterocycles. The molecule has 2 atom stereocenters. The first kappa shape index (κ1) is 26.7. The third kappa shape index (κ3) is 4.84. The van der Waals surface area contributed by atoms with Crippen molar-refractivity contribution in [2.45, 2.75) is 24.3 Å². The largest absolute Gasteiger partial charge is 0.478 e. The summed E-state index contributed by atoms with van der Waals surface area (Å²) in [5.74, 6) is -2.00. The predicted molar refractivity (Wildman–Crippen MR) is 154 cm³/mol. The van der Waals surface area contributed by atoms with Gasteiger partial charge in [0.15, 0.2) is 0 Å². The molecule has 0 amide bonds. The highest BCUT2D eigenvalue weighted by molar-refractivity contribution is 5.92. The molecule has 3 aromatic rings. The maximum atomic E-state index is 12.6. The summed E-state index contributed by atoms with van der Waals surface area (Å²) in [5, 5.41) is 24.1. The molecule has 0 aromatic heterocycles. The van der Waals surface area contributed by atoms with Crippen molar-refractivity contribution in [1.29, 1.82) is 0 Å². The van der Waals surface area contributed by atoms with E-state index in [0.717, 1.165) is 36.3 Å². The summed E-state index contributed by atoms with van der Waals surface area (Å²) in [6.45, 7) is 2.54. The Balaban J connectivity index is 1.81. The van der Waals surface area contributed by atoms with Gasteiger partial charge in [-0.25, -0.2) is 9.59 Å². The molecular weight excluding hydrogens is 490 g/mol. The topological polar surface area (TPSA) is 93.1 Å². The van der Waals surface area contributed by atoms with Gasteiger partial charge in [0.25, 0.3) is 0 Å². The van der Waals surface area contributed by atoms with E-state index in [4.69, 9.17) is 0 Å². The minimum atomic E-state index is -1.01. The van der Waals surface area contributed by atoms with Gasteiger partial charge in [0, 0.05) is 24.2 Å². The summed E-state index contributed by atoms with van der Waals surface area (Å²) in [4.78, 5) is 29.4. The minimum absolute atomic E-state index is 0.211. The second-order valence-corrected chi connectivity index (χ2v) is 10.8. The van der Waals surface area contributed by atoms with Gasteiger partial charge in [-0.2, -0.15) is 0 Å². The number of carboxylic acids is 2. The van der Waals surface area contributed by atoms with Crippen molar-refractivity contribution < 1.29 is 19.8 Å². The van der Waals surface area contributed by atoms with Crippen LogP contribution in [0.3, 0.4) is 0 Å². The number of carbonyl (C=O) groups is 2. The molecule has 0 aliphatic carbocycles. The predicted octanol–water partition coefficient (Wildman–Crippen LogP) is 5.21. The van der Waals surface area contributed by atoms with Gasteiger partial charge < -0.3 is 25.3 Å². The number of hydrogen-bond donors (Lipinski definition) is 3. The van der Waals surface area contributed by atoms with Gasteiger partial charge in [0.05, 0.1) is 17.2 Å². The van der Waals surface area contributed by atoms with Crippen molar-refractivity contribution >= 4 is 23.2 Å². The SMILES string of the molecule is CN(C)CCC1(c2ccccc2C(=O)O)c2cc(C3=CCN(C)CC3)ccc2NC1c1ccccc1C(=O)O. The van der Waals surface area contributed by atoms with Crippen LogP contribution in [0.1, 0.15) is 61.9 Å². The van der Waals surface area contributed by atoms with E-state index in [1.54, 1.807) is 24.3 Å². The molecule has 202 valence electrons. The molecule has 0 bridgehead atoms. The molecule has 2 aliphatic rings. The molecule has 7 heteroatoms. The Kier molecular flexibility index (Phi) is 7.30. The Morgan fingerprint density at radius 2 is 1.67 bits per heavy atom. The zero-order valence-electron chi connectivity index (χ0n) is 22.6. The highest BCUT2D eigenvalue weighted by Crippen LogP contribution is 2.56. The zero-order valence-corrected chi connectivity index (χ0v) is 22.6. The van der Waals surface area contributed by atoms with E-state index in [9.17, 15) is 19.8 Å². The summed E-state index contributed by atoms with van der Waals surface area (Å²) >= 11 is 0. The van der Waals surface area contributed by atoms with Crippen LogP contribution in [-0.2, 0) is 5.41 Å². The molecule has 0 saturated carbocycles. The lowest BCUT2D eigenvalue weighted by atomic mass is 9.65. The second kappa shape index (κ2) is 10.7. The molecule has 39 heavy (non-hydrogen) atoms. The van der Waals surface area contributed by atoms with Crippen LogP contribution >= 0.6 is 0 Å². The van der Waals surface area contributed by atoms with Gasteiger partial charge in [-0.05, 0) is 92.6 Å². The van der Waals surface area contributed by atoms with Crippen LogP contribution in [0, 0.1) is 0 Å². The van der Waals surface area contributed by atoms with Gasteiger partial charge in [-0.3, -0.25) is 0 Å². The molecule has 0 saturated heterocycles. The van der Waals surface area contributed by atoms with E-state index >= 15 is 0 Å². The number of nitrogens with one attached hydrogen (secondary N) is 1. The number of fused-ring (bicyclic) bond motifs is 1. The molecule has 5 rings (SSSR count). The third-order valence-corrected chi connectivity index (χ3v) is 8.17. The van der Waals surface area contributed by atoms with Gasteiger partial charge in [-0.15, -0.1) is 0 Å². The fourth-order valence-corrected chi connectivity index (χ4v) is 6.17. The minimum Gasteiger partial charge on any atom is -0.478 e. The maximum Gasteiger partial charge on any atom is 0.336 e. The Morgan fingerprint density at radius 1 is 0.974 bits per heavy atom. The Hall–Kier alpha value is -3.94. The summed E-state index contributed by atoms with van der Waals surface area (Å²) in [7, 11) is 6.11. The Bertz CT molecular complexity index is 1450. The standard InChI is InChI=1S/C32H35N3O4/c1-34(2)19-16-32(26-11-7-6-10-25(26)31(38)39)27-20-22(21-14-17-35(3)18-15-21)12-13-28(27)33-29(32)23-8-4-5-9-24(23)30(36)37/h4-14,20,29,33H,15-19H2,1-3H3,(H,36,37)(H,38,39). The van der Waals surface area contributed by atoms with Crippen LogP contribution in [0.5, 0.6) is 0 Å². The van der Waals surface area contributed by atoms with Crippen molar-refractivity contribution in [2.24, 2.45) is 0 Å². The number of anilines is 1. The number of nitrogens with zero attached hydrogens (tertiary/aromatic N) is 2. The number of benzene rings is 3. The molecule has 3 N–H and O–H groups in total. The van der Waals surface area contributed by atoms with Crippen LogP contribution in [0.25, 0.3) is 5.57 Å². The zero-order chi connectivity index (χ0) is 27.7. The molecule has 0 radical (unpaired) electrons. The average molecular weight is 526 g/mol. The summed E-state index contributed by atoms with van der Waals surface area (Å²) in [6.07, 6.45) is 3.79. The lowest BCUT2D eigenvalue weighted by Crippen LogP contribution is -2.39. The van der Waals surface area contributed by atoms with Gasteiger partial charge in [0.1, 0.15) is 0 Å². The normalized spacial score (nSPS) is 20.8. The number of hydrogen-bond acceptors (Lipinski definition) is 5. The van der Waals surface area contributed by atoms with Crippen LogP contribution in [-0.4, -0.2) is 72.7 Å². The molecule has 7 nitrogen and oxygen atoms in total. The molecule has 2 unspecified atom stereocenters. The third-order valence-electron chi connectivity index (χ3n) is 8.17. The molecule has 0 fully saturated rings. The van der Waals surface area contributed by atoms with E-state index in [2.05, 4.69) is 46.4 Å². The van der Waals surface area contributed by atoms with E-state index in [1.165, 1.54) is 5.57 Å². The van der Waals surface area contributed by atoms with Crippen molar-refractivity contribution in [3.8, 4) is 0 Å². The molecule has 2 heterocycles. The molecule has 3 aromatic carbocycles. The van der Waals surface area contributed by atoms with E-state index in [0.29, 0.717) is 24.1 Å². The summed E-state index contributed by atoms with van der Waals surface area (Å²) in [6, 6.07) is 20.1. The molecule has 0 spiro atoms. The van der Waals surface area contributed by atoms with Crippen LogP contribution < -0.4 is 5.32 Å². The summed E-state index contributed by atoms with van der Waals surface area (Å²) < 4.78 is 0. The lowest BCUT2D eigenvalue weighted by Gasteiger charge is -2.39. The van der Waals surface area contributed by atoms with E-state index in [1.807, 2.05) is 38.4 Å². The second-order valence-electron chi connectivity index (χ2n) is 10.8. The number of carboxylic acid groups (broad SMARTS) is 2. The van der Waals surface area contributed by atoms with Crippen molar-refractivity contribution in [2.75, 3.05) is 46.1 Å². The van der Waals surface area contributed by atoms with Crippen molar-refractivity contribution in [1.82, 2.24) is 9.80 Å². The number of aromatic carboxylic acids is 2. The molecular formula is C32H35N3O4. The number of rotatable bonds is 8. The van der Waals surface area contributed by atoms with Gasteiger partial charge >= 0.3 is 11.9 Å². The first-order valence-electron chi connectivity index (χ1n) is 13.3.